The van der Waals surface area contributed by atoms with Crippen LogP contribution in [0.15, 0.2) is 52.9 Å². The van der Waals surface area contributed by atoms with Gasteiger partial charge in [-0.3, -0.25) is 0 Å². The zero-order chi connectivity index (χ0) is 12.8. The SMILES string of the molecule is Clc1ccc2nc(-c3cc4ccccc4[nH]3)oc2c1. The number of aromatic amines is 1. The van der Waals surface area contributed by atoms with Gasteiger partial charge in [0.25, 0.3) is 0 Å². The maximum atomic E-state index is 5.94. The molecular weight excluding hydrogens is 260 g/mol. The van der Waals surface area contributed by atoms with Gasteiger partial charge in [-0.2, -0.15) is 0 Å². The molecule has 0 aliphatic carbocycles. The van der Waals surface area contributed by atoms with Gasteiger partial charge in [0.2, 0.25) is 5.89 Å². The number of benzene rings is 2. The van der Waals surface area contributed by atoms with Gasteiger partial charge in [-0.05, 0) is 24.3 Å². The zero-order valence-electron chi connectivity index (χ0n) is 9.85. The van der Waals surface area contributed by atoms with Crippen molar-refractivity contribution in [2.75, 3.05) is 0 Å². The molecule has 0 fully saturated rings. The fraction of sp³-hybridized carbons (Fsp3) is 0. The number of oxazole rings is 1. The number of nitrogens with one attached hydrogen (secondary N) is 1. The molecule has 19 heavy (non-hydrogen) atoms. The van der Waals surface area contributed by atoms with Crippen LogP contribution in [0.25, 0.3) is 33.6 Å². The van der Waals surface area contributed by atoms with E-state index >= 15 is 0 Å². The number of halogens is 1. The van der Waals surface area contributed by atoms with E-state index in [9.17, 15) is 0 Å². The quantitative estimate of drug-likeness (QED) is 0.547. The molecule has 0 aliphatic rings. The maximum absolute atomic E-state index is 5.94. The van der Waals surface area contributed by atoms with Crippen molar-refractivity contribution >= 4 is 33.6 Å². The maximum Gasteiger partial charge on any atom is 0.244 e. The predicted octanol–water partition coefficient (Wildman–Crippen LogP) is 4.63. The van der Waals surface area contributed by atoms with Crippen molar-refractivity contribution in [2.45, 2.75) is 0 Å². The molecule has 0 amide bonds. The molecule has 3 nitrogen and oxygen atoms in total. The second kappa shape index (κ2) is 3.87. The van der Waals surface area contributed by atoms with E-state index in [-0.39, 0.29) is 0 Å². The Morgan fingerprint density at radius 1 is 1.05 bits per heavy atom. The van der Waals surface area contributed by atoms with Crippen molar-refractivity contribution in [3.63, 3.8) is 0 Å². The van der Waals surface area contributed by atoms with Gasteiger partial charge in [0.1, 0.15) is 11.2 Å². The van der Waals surface area contributed by atoms with Crippen LogP contribution in [0.5, 0.6) is 0 Å². The van der Waals surface area contributed by atoms with Crippen LogP contribution in [0.4, 0.5) is 0 Å². The first-order valence-electron chi connectivity index (χ1n) is 5.94. The summed E-state index contributed by atoms with van der Waals surface area (Å²) >= 11 is 5.94. The lowest BCUT2D eigenvalue weighted by molar-refractivity contribution is 0.617. The van der Waals surface area contributed by atoms with Crippen molar-refractivity contribution in [3.8, 4) is 11.6 Å². The molecule has 92 valence electrons. The third-order valence-electron chi connectivity index (χ3n) is 3.11. The van der Waals surface area contributed by atoms with Gasteiger partial charge >= 0.3 is 0 Å². The summed E-state index contributed by atoms with van der Waals surface area (Å²) in [5, 5.41) is 1.78. The van der Waals surface area contributed by atoms with E-state index in [4.69, 9.17) is 16.0 Å². The Morgan fingerprint density at radius 2 is 1.95 bits per heavy atom. The highest BCUT2D eigenvalue weighted by atomic mass is 35.5. The number of para-hydroxylation sites is 1. The minimum Gasteiger partial charge on any atom is -0.435 e. The van der Waals surface area contributed by atoms with E-state index in [0.717, 1.165) is 22.1 Å². The summed E-state index contributed by atoms with van der Waals surface area (Å²) in [6, 6.07) is 15.5. The van der Waals surface area contributed by atoms with E-state index in [1.54, 1.807) is 12.1 Å². The van der Waals surface area contributed by atoms with Gasteiger partial charge in [-0.15, -0.1) is 0 Å². The summed E-state index contributed by atoms with van der Waals surface area (Å²) < 4.78 is 5.74. The van der Waals surface area contributed by atoms with Crippen molar-refractivity contribution in [2.24, 2.45) is 0 Å². The summed E-state index contributed by atoms with van der Waals surface area (Å²) in [6.45, 7) is 0. The predicted molar refractivity (Wildman–Crippen MR) is 76.3 cm³/mol. The lowest BCUT2D eigenvalue weighted by Gasteiger charge is -1.87. The van der Waals surface area contributed by atoms with Gasteiger partial charge in [0, 0.05) is 22.0 Å². The first kappa shape index (κ1) is 10.6. The number of nitrogens with zero attached hydrogens (tertiary/aromatic N) is 1. The first-order valence-corrected chi connectivity index (χ1v) is 6.32. The number of aromatic nitrogens is 2. The monoisotopic (exact) mass is 268 g/mol. The summed E-state index contributed by atoms with van der Waals surface area (Å²) in [5.41, 5.74) is 3.44. The highest BCUT2D eigenvalue weighted by Gasteiger charge is 2.10. The molecule has 4 heteroatoms. The van der Waals surface area contributed by atoms with Gasteiger partial charge < -0.3 is 9.40 Å². The van der Waals surface area contributed by atoms with E-state index in [0.29, 0.717) is 16.5 Å². The van der Waals surface area contributed by atoms with Gasteiger partial charge in [0.05, 0.1) is 0 Å². The van der Waals surface area contributed by atoms with Crippen LogP contribution in [0.2, 0.25) is 5.02 Å². The molecule has 4 rings (SSSR count). The van der Waals surface area contributed by atoms with Crippen molar-refractivity contribution in [3.05, 3.63) is 53.6 Å². The molecule has 2 aromatic heterocycles. The molecule has 0 radical (unpaired) electrons. The lowest BCUT2D eigenvalue weighted by atomic mass is 10.2. The number of H-pyrrole nitrogens is 1. The molecule has 0 aliphatic heterocycles. The molecule has 0 saturated carbocycles. The molecule has 2 aromatic carbocycles. The Bertz CT molecular complexity index is 858. The summed E-state index contributed by atoms with van der Waals surface area (Å²) in [6.07, 6.45) is 0. The standard InChI is InChI=1S/C15H9ClN2O/c16-10-5-6-12-14(8-10)19-15(18-12)13-7-9-3-1-2-4-11(9)17-13/h1-8,17H. The normalized spacial score (nSPS) is 11.4. The Hall–Kier alpha value is -2.26. The zero-order valence-corrected chi connectivity index (χ0v) is 10.6. The van der Waals surface area contributed by atoms with Crippen LogP contribution in [0.3, 0.4) is 0 Å². The van der Waals surface area contributed by atoms with Crippen LogP contribution in [0.1, 0.15) is 0 Å². The smallest absolute Gasteiger partial charge is 0.244 e. The van der Waals surface area contributed by atoms with E-state index in [1.165, 1.54) is 0 Å². The van der Waals surface area contributed by atoms with Crippen LogP contribution >= 0.6 is 11.6 Å². The number of hydrogen-bond donors (Lipinski definition) is 1. The van der Waals surface area contributed by atoms with Gasteiger partial charge in [-0.25, -0.2) is 4.98 Å². The highest BCUT2D eigenvalue weighted by molar-refractivity contribution is 6.31. The topological polar surface area (TPSA) is 41.8 Å². The van der Waals surface area contributed by atoms with E-state index in [2.05, 4.69) is 16.0 Å². The molecule has 0 bridgehead atoms. The Kier molecular flexibility index (Phi) is 2.17. The van der Waals surface area contributed by atoms with Crippen molar-refractivity contribution in [1.29, 1.82) is 0 Å². The number of fused-ring (bicyclic) bond motifs is 2. The van der Waals surface area contributed by atoms with Crippen LogP contribution in [0, 0.1) is 0 Å². The summed E-state index contributed by atoms with van der Waals surface area (Å²) in [5.74, 6) is 0.577. The molecule has 0 unspecified atom stereocenters. The molecule has 0 spiro atoms. The minimum atomic E-state index is 0.577. The average molecular weight is 269 g/mol. The summed E-state index contributed by atoms with van der Waals surface area (Å²) in [4.78, 5) is 7.76. The largest absolute Gasteiger partial charge is 0.435 e. The molecule has 4 aromatic rings. The fourth-order valence-electron chi connectivity index (χ4n) is 2.20. The Morgan fingerprint density at radius 3 is 2.84 bits per heavy atom. The summed E-state index contributed by atoms with van der Waals surface area (Å²) in [7, 11) is 0. The molecule has 2 heterocycles. The molecule has 0 atom stereocenters. The van der Waals surface area contributed by atoms with Crippen LogP contribution in [-0.4, -0.2) is 9.97 Å². The lowest BCUT2D eigenvalue weighted by Crippen LogP contribution is -1.75. The van der Waals surface area contributed by atoms with E-state index in [1.807, 2.05) is 30.3 Å². The average Bonchev–Trinajstić information content (AvgIpc) is 3.00. The third-order valence-corrected chi connectivity index (χ3v) is 3.35. The van der Waals surface area contributed by atoms with Crippen molar-refractivity contribution in [1.82, 2.24) is 9.97 Å². The van der Waals surface area contributed by atoms with Gasteiger partial charge in [-0.1, -0.05) is 29.8 Å². The molecule has 1 N–H and O–H groups in total. The highest BCUT2D eigenvalue weighted by Crippen LogP contribution is 2.28. The van der Waals surface area contributed by atoms with Crippen LogP contribution < -0.4 is 0 Å². The third kappa shape index (κ3) is 1.71. The van der Waals surface area contributed by atoms with Gasteiger partial charge in [0.15, 0.2) is 5.58 Å². The molecular formula is C15H9ClN2O. The number of rotatable bonds is 1. The Labute approximate surface area is 113 Å². The van der Waals surface area contributed by atoms with Crippen LogP contribution in [-0.2, 0) is 0 Å². The number of hydrogen-bond acceptors (Lipinski definition) is 2. The Balaban J connectivity index is 1.93. The fourth-order valence-corrected chi connectivity index (χ4v) is 2.36. The second-order valence-electron chi connectivity index (χ2n) is 4.40. The van der Waals surface area contributed by atoms with E-state index < -0.39 is 0 Å². The first-order chi connectivity index (χ1) is 9.29. The second-order valence-corrected chi connectivity index (χ2v) is 4.84. The minimum absolute atomic E-state index is 0.577. The molecule has 0 saturated heterocycles. The van der Waals surface area contributed by atoms with Crippen molar-refractivity contribution < 1.29 is 4.42 Å².